The Kier molecular flexibility index (Phi) is 3.32. The molecule has 1 heterocycles. The van der Waals surface area contributed by atoms with Gasteiger partial charge in [-0.25, -0.2) is 4.39 Å². The lowest BCUT2D eigenvalue weighted by Gasteiger charge is -2.33. The Morgan fingerprint density at radius 3 is 2.61 bits per heavy atom. The lowest BCUT2D eigenvalue weighted by Crippen LogP contribution is -2.48. The molecule has 0 spiro atoms. The highest BCUT2D eigenvalue weighted by Crippen LogP contribution is 2.22. The van der Waals surface area contributed by atoms with Gasteiger partial charge < -0.3 is 9.80 Å². The maximum Gasteiger partial charge on any atom is 0.241 e. The van der Waals surface area contributed by atoms with Gasteiger partial charge in [0.2, 0.25) is 5.91 Å². The predicted molar refractivity (Wildman–Crippen MR) is 66.3 cm³/mol. The maximum absolute atomic E-state index is 13.9. The van der Waals surface area contributed by atoms with E-state index in [0.29, 0.717) is 24.3 Å². The van der Waals surface area contributed by atoms with E-state index in [4.69, 9.17) is 0 Å². The summed E-state index contributed by atoms with van der Waals surface area (Å²) in [7, 11) is 1.73. The zero-order chi connectivity index (χ0) is 13.3. The monoisotopic (exact) mass is 250 g/mol. The smallest absolute Gasteiger partial charge is 0.241 e. The van der Waals surface area contributed by atoms with Crippen LogP contribution in [0.5, 0.6) is 0 Å². The molecule has 0 saturated carbocycles. The van der Waals surface area contributed by atoms with E-state index in [1.807, 2.05) is 0 Å². The first-order chi connectivity index (χ1) is 8.49. The van der Waals surface area contributed by atoms with E-state index in [9.17, 15) is 14.0 Å². The van der Waals surface area contributed by atoms with Gasteiger partial charge in [0.25, 0.3) is 0 Å². The third kappa shape index (κ3) is 2.34. The number of halogens is 1. The quantitative estimate of drug-likeness (QED) is 0.743. The number of amides is 1. The number of anilines is 1. The van der Waals surface area contributed by atoms with Crippen LogP contribution >= 0.6 is 0 Å². The van der Waals surface area contributed by atoms with E-state index in [1.165, 1.54) is 13.0 Å². The Hall–Kier alpha value is -1.91. The van der Waals surface area contributed by atoms with Gasteiger partial charge in [0.05, 0.1) is 12.2 Å². The van der Waals surface area contributed by atoms with Crippen molar-refractivity contribution in [3.05, 3.63) is 29.6 Å². The van der Waals surface area contributed by atoms with E-state index < -0.39 is 5.82 Å². The number of carbonyl (C=O) groups is 2. The number of carbonyl (C=O) groups excluding carboxylic acids is 2. The van der Waals surface area contributed by atoms with Crippen molar-refractivity contribution in [3.63, 3.8) is 0 Å². The molecule has 0 bridgehead atoms. The summed E-state index contributed by atoms with van der Waals surface area (Å²) in [6.45, 7) is 2.74. The zero-order valence-corrected chi connectivity index (χ0v) is 10.4. The molecule has 1 aliphatic heterocycles. The van der Waals surface area contributed by atoms with E-state index in [-0.39, 0.29) is 18.2 Å². The molecule has 1 aliphatic rings. The molecule has 5 heteroatoms. The molecule has 0 atom stereocenters. The fraction of sp³-hybridized carbons (Fsp3) is 0.385. The van der Waals surface area contributed by atoms with Gasteiger partial charge in [-0.3, -0.25) is 9.59 Å². The Balaban J connectivity index is 2.24. The van der Waals surface area contributed by atoms with Gasteiger partial charge in [-0.1, -0.05) is 0 Å². The normalized spacial score (nSPS) is 16.1. The molecule has 96 valence electrons. The number of hydrogen-bond donors (Lipinski definition) is 0. The summed E-state index contributed by atoms with van der Waals surface area (Å²) in [4.78, 5) is 26.0. The highest BCUT2D eigenvalue weighted by atomic mass is 19.1. The lowest BCUT2D eigenvalue weighted by atomic mass is 10.1. The third-order valence-corrected chi connectivity index (χ3v) is 3.15. The molecule has 0 N–H and O–H groups in total. The summed E-state index contributed by atoms with van der Waals surface area (Å²) >= 11 is 0. The molecule has 0 aliphatic carbocycles. The molecule has 1 saturated heterocycles. The van der Waals surface area contributed by atoms with Crippen molar-refractivity contribution < 1.29 is 14.0 Å². The van der Waals surface area contributed by atoms with Gasteiger partial charge in [-0.05, 0) is 25.1 Å². The fourth-order valence-electron chi connectivity index (χ4n) is 1.95. The van der Waals surface area contributed by atoms with Gasteiger partial charge in [0.15, 0.2) is 5.78 Å². The SMILES string of the molecule is CC(=O)c1ccc(N2CCN(C)C(=O)C2)c(F)c1. The van der Waals surface area contributed by atoms with Crippen molar-refractivity contribution in [1.82, 2.24) is 4.90 Å². The minimum absolute atomic E-state index is 0.0312. The largest absolute Gasteiger partial charge is 0.358 e. The molecule has 1 amide bonds. The summed E-state index contributed by atoms with van der Waals surface area (Å²) in [5.41, 5.74) is 0.721. The van der Waals surface area contributed by atoms with Gasteiger partial charge in [-0.15, -0.1) is 0 Å². The van der Waals surface area contributed by atoms with Crippen LogP contribution in [0.2, 0.25) is 0 Å². The Morgan fingerprint density at radius 1 is 1.33 bits per heavy atom. The van der Waals surface area contributed by atoms with Gasteiger partial charge in [0.1, 0.15) is 5.82 Å². The first-order valence-corrected chi connectivity index (χ1v) is 5.78. The standard InChI is InChI=1S/C13H15FN2O2/c1-9(17)10-3-4-12(11(14)7-10)16-6-5-15(2)13(18)8-16/h3-4,7H,5-6,8H2,1-2H3. The molecular formula is C13H15FN2O2. The summed E-state index contributed by atoms with van der Waals surface area (Å²) < 4.78 is 13.9. The predicted octanol–water partition coefficient (Wildman–Crippen LogP) is 1.31. The summed E-state index contributed by atoms with van der Waals surface area (Å²) in [6, 6.07) is 4.37. The highest BCUT2D eigenvalue weighted by molar-refractivity contribution is 5.94. The molecule has 1 aromatic carbocycles. The Bertz CT molecular complexity index is 502. The second-order valence-corrected chi connectivity index (χ2v) is 4.46. The van der Waals surface area contributed by atoms with Gasteiger partial charge in [0, 0.05) is 25.7 Å². The van der Waals surface area contributed by atoms with Crippen LogP contribution in [-0.2, 0) is 4.79 Å². The second kappa shape index (κ2) is 4.76. The number of nitrogens with zero attached hydrogens (tertiary/aromatic N) is 2. The molecule has 18 heavy (non-hydrogen) atoms. The number of piperazine rings is 1. The van der Waals surface area contributed by atoms with Crippen LogP contribution in [-0.4, -0.2) is 43.3 Å². The van der Waals surface area contributed by atoms with Crippen molar-refractivity contribution in [1.29, 1.82) is 0 Å². The summed E-state index contributed by atoms with van der Waals surface area (Å²) in [5.74, 6) is -0.661. The number of rotatable bonds is 2. The van der Waals surface area contributed by atoms with Crippen LogP contribution in [0.15, 0.2) is 18.2 Å². The van der Waals surface area contributed by atoms with Crippen molar-refractivity contribution in [2.45, 2.75) is 6.92 Å². The number of hydrogen-bond acceptors (Lipinski definition) is 3. The number of benzene rings is 1. The maximum atomic E-state index is 13.9. The summed E-state index contributed by atoms with van der Waals surface area (Å²) in [6.07, 6.45) is 0. The molecular weight excluding hydrogens is 235 g/mol. The fourth-order valence-corrected chi connectivity index (χ4v) is 1.95. The average Bonchev–Trinajstić information content (AvgIpc) is 2.32. The number of likely N-dealkylation sites (N-methyl/N-ethyl adjacent to an activating group) is 1. The van der Waals surface area contributed by atoms with Crippen LogP contribution in [0.4, 0.5) is 10.1 Å². The molecule has 1 aromatic rings. The number of ketones is 1. The van der Waals surface area contributed by atoms with E-state index >= 15 is 0 Å². The topological polar surface area (TPSA) is 40.6 Å². The molecule has 2 rings (SSSR count). The van der Waals surface area contributed by atoms with Crippen LogP contribution in [0.1, 0.15) is 17.3 Å². The van der Waals surface area contributed by atoms with E-state index in [2.05, 4.69) is 0 Å². The van der Waals surface area contributed by atoms with Crippen LogP contribution < -0.4 is 4.90 Å². The van der Waals surface area contributed by atoms with Crippen molar-refractivity contribution in [3.8, 4) is 0 Å². The van der Waals surface area contributed by atoms with Crippen molar-refractivity contribution in [2.24, 2.45) is 0 Å². The zero-order valence-electron chi connectivity index (χ0n) is 10.4. The second-order valence-electron chi connectivity index (χ2n) is 4.46. The van der Waals surface area contributed by atoms with Crippen molar-refractivity contribution in [2.75, 3.05) is 31.6 Å². The molecule has 0 radical (unpaired) electrons. The van der Waals surface area contributed by atoms with Gasteiger partial charge >= 0.3 is 0 Å². The van der Waals surface area contributed by atoms with E-state index in [1.54, 1.807) is 29.0 Å². The lowest BCUT2D eigenvalue weighted by molar-refractivity contribution is -0.129. The molecule has 1 fully saturated rings. The number of Topliss-reactive ketones (excluding diaryl/α,β-unsaturated/α-hetero) is 1. The highest BCUT2D eigenvalue weighted by Gasteiger charge is 2.23. The molecule has 4 nitrogen and oxygen atoms in total. The first-order valence-electron chi connectivity index (χ1n) is 5.78. The van der Waals surface area contributed by atoms with Crippen LogP contribution in [0.25, 0.3) is 0 Å². The van der Waals surface area contributed by atoms with E-state index in [0.717, 1.165) is 0 Å². The third-order valence-electron chi connectivity index (χ3n) is 3.15. The minimum atomic E-state index is -0.458. The summed E-state index contributed by atoms with van der Waals surface area (Å²) in [5, 5.41) is 0. The van der Waals surface area contributed by atoms with Crippen molar-refractivity contribution >= 4 is 17.4 Å². The molecule has 0 aromatic heterocycles. The first kappa shape index (κ1) is 12.5. The average molecular weight is 250 g/mol. The Labute approximate surface area is 105 Å². The molecule has 0 unspecified atom stereocenters. The van der Waals surface area contributed by atoms with Crippen LogP contribution in [0, 0.1) is 5.82 Å². The van der Waals surface area contributed by atoms with Crippen LogP contribution in [0.3, 0.4) is 0 Å². The van der Waals surface area contributed by atoms with Gasteiger partial charge in [-0.2, -0.15) is 0 Å². The Morgan fingerprint density at radius 2 is 2.06 bits per heavy atom. The minimum Gasteiger partial charge on any atom is -0.358 e.